The molecule has 2 aliphatic rings. The third-order valence-corrected chi connectivity index (χ3v) is 6.83. The van der Waals surface area contributed by atoms with Gasteiger partial charge in [0.2, 0.25) is 5.91 Å². The van der Waals surface area contributed by atoms with Gasteiger partial charge in [0.25, 0.3) is 5.91 Å². The van der Waals surface area contributed by atoms with Crippen LogP contribution in [0.1, 0.15) is 53.2 Å². The van der Waals surface area contributed by atoms with Gasteiger partial charge < -0.3 is 15.5 Å². The lowest BCUT2D eigenvalue weighted by atomic mass is 9.91. The summed E-state index contributed by atoms with van der Waals surface area (Å²) < 4.78 is 0. The van der Waals surface area contributed by atoms with Gasteiger partial charge in [-0.3, -0.25) is 14.6 Å². The highest BCUT2D eigenvalue weighted by Crippen LogP contribution is 2.25. The molecule has 7 nitrogen and oxygen atoms in total. The van der Waals surface area contributed by atoms with E-state index in [1.165, 1.54) is 11.3 Å². The topological polar surface area (TPSA) is 87.2 Å². The van der Waals surface area contributed by atoms with Crippen molar-refractivity contribution in [1.82, 2.24) is 20.2 Å². The molecule has 0 saturated carbocycles. The van der Waals surface area contributed by atoms with Crippen LogP contribution in [0.2, 0.25) is 0 Å². The van der Waals surface area contributed by atoms with E-state index in [0.29, 0.717) is 24.6 Å². The minimum absolute atomic E-state index is 0.0651. The first-order chi connectivity index (χ1) is 14.6. The maximum absolute atomic E-state index is 12.5. The normalized spacial score (nSPS) is 18.7. The quantitative estimate of drug-likeness (QED) is 0.663. The number of thiazole rings is 1. The summed E-state index contributed by atoms with van der Waals surface area (Å²) in [5.41, 5.74) is 2.70. The Hall–Kier alpha value is -2.48. The Labute approximate surface area is 181 Å². The fourth-order valence-electron chi connectivity index (χ4n) is 4.29. The van der Waals surface area contributed by atoms with Crippen LogP contribution in [0.5, 0.6) is 0 Å². The summed E-state index contributed by atoms with van der Waals surface area (Å²) in [6.45, 7) is 4.28. The smallest absolute Gasteiger partial charge is 0.273 e. The number of nitrogens with zero attached hydrogens (tertiary/aromatic N) is 3. The lowest BCUT2D eigenvalue weighted by Gasteiger charge is -2.31. The van der Waals surface area contributed by atoms with Crippen molar-refractivity contribution in [2.75, 3.05) is 25.0 Å². The first-order valence-corrected chi connectivity index (χ1v) is 11.7. The van der Waals surface area contributed by atoms with Crippen molar-refractivity contribution in [2.45, 2.75) is 51.5 Å². The SMILES string of the molecule is Cc1nc(C(=O)N2CCC(CCCCNC(=O)C3Cc4cnccc4N3)CC2)cs1. The van der Waals surface area contributed by atoms with Crippen LogP contribution in [0.25, 0.3) is 0 Å². The maximum atomic E-state index is 12.5. The zero-order chi connectivity index (χ0) is 20.9. The van der Waals surface area contributed by atoms with Gasteiger partial charge in [-0.1, -0.05) is 12.8 Å². The number of pyridine rings is 1. The number of carbonyl (C=O) groups excluding carboxylic acids is 2. The zero-order valence-corrected chi connectivity index (χ0v) is 18.2. The summed E-state index contributed by atoms with van der Waals surface area (Å²) in [5.74, 6) is 0.801. The van der Waals surface area contributed by atoms with E-state index in [1.54, 1.807) is 6.20 Å². The molecule has 1 atom stereocenters. The average molecular weight is 428 g/mol. The van der Waals surface area contributed by atoms with E-state index in [0.717, 1.165) is 61.5 Å². The third kappa shape index (κ3) is 4.98. The molecule has 0 aliphatic carbocycles. The molecule has 2 aromatic rings. The number of amides is 2. The van der Waals surface area contributed by atoms with Crippen molar-refractivity contribution < 1.29 is 9.59 Å². The molecular weight excluding hydrogens is 398 g/mol. The molecule has 4 rings (SSSR count). The van der Waals surface area contributed by atoms with Gasteiger partial charge in [0, 0.05) is 49.5 Å². The molecule has 4 heterocycles. The summed E-state index contributed by atoms with van der Waals surface area (Å²) in [6.07, 6.45) is 9.63. The number of hydrogen-bond acceptors (Lipinski definition) is 6. The van der Waals surface area contributed by atoms with E-state index in [-0.39, 0.29) is 17.9 Å². The molecule has 2 aromatic heterocycles. The number of anilines is 1. The Balaban J connectivity index is 1.09. The van der Waals surface area contributed by atoms with Crippen molar-refractivity contribution in [3.8, 4) is 0 Å². The molecule has 0 radical (unpaired) electrons. The molecule has 2 N–H and O–H groups in total. The maximum Gasteiger partial charge on any atom is 0.273 e. The van der Waals surface area contributed by atoms with E-state index >= 15 is 0 Å². The number of rotatable bonds is 7. The molecule has 0 bridgehead atoms. The minimum Gasteiger partial charge on any atom is -0.373 e. The summed E-state index contributed by atoms with van der Waals surface area (Å²) >= 11 is 1.52. The highest BCUT2D eigenvalue weighted by molar-refractivity contribution is 7.09. The lowest BCUT2D eigenvalue weighted by molar-refractivity contribution is -0.121. The number of piperidine rings is 1. The van der Waals surface area contributed by atoms with E-state index in [9.17, 15) is 9.59 Å². The van der Waals surface area contributed by atoms with Crippen LogP contribution in [0.15, 0.2) is 23.8 Å². The summed E-state index contributed by atoms with van der Waals surface area (Å²) in [4.78, 5) is 35.2. The molecule has 2 aliphatic heterocycles. The Morgan fingerprint density at radius 3 is 2.87 bits per heavy atom. The number of unbranched alkanes of at least 4 members (excludes halogenated alkanes) is 1. The highest BCUT2D eigenvalue weighted by Gasteiger charge is 2.27. The third-order valence-electron chi connectivity index (χ3n) is 6.05. The Morgan fingerprint density at radius 1 is 1.30 bits per heavy atom. The van der Waals surface area contributed by atoms with Crippen molar-refractivity contribution in [2.24, 2.45) is 5.92 Å². The molecule has 0 aromatic carbocycles. The molecule has 1 unspecified atom stereocenters. The van der Waals surface area contributed by atoms with E-state index in [4.69, 9.17) is 0 Å². The second kappa shape index (κ2) is 9.55. The number of hydrogen-bond donors (Lipinski definition) is 2. The molecule has 160 valence electrons. The fourth-order valence-corrected chi connectivity index (χ4v) is 4.88. The summed E-state index contributed by atoms with van der Waals surface area (Å²) in [6, 6.07) is 1.73. The lowest BCUT2D eigenvalue weighted by Crippen LogP contribution is -2.39. The monoisotopic (exact) mass is 427 g/mol. The molecule has 30 heavy (non-hydrogen) atoms. The van der Waals surface area contributed by atoms with Gasteiger partial charge in [-0.25, -0.2) is 4.98 Å². The van der Waals surface area contributed by atoms with Crippen LogP contribution in [0.3, 0.4) is 0 Å². The van der Waals surface area contributed by atoms with E-state index in [2.05, 4.69) is 20.6 Å². The molecule has 0 spiro atoms. The Kier molecular flexibility index (Phi) is 6.62. The van der Waals surface area contributed by atoms with Gasteiger partial charge in [-0.15, -0.1) is 11.3 Å². The minimum atomic E-state index is -0.187. The number of nitrogens with one attached hydrogen (secondary N) is 2. The van der Waals surface area contributed by atoms with Gasteiger partial charge in [0.1, 0.15) is 11.7 Å². The van der Waals surface area contributed by atoms with Crippen LogP contribution < -0.4 is 10.6 Å². The van der Waals surface area contributed by atoms with Crippen LogP contribution in [0.4, 0.5) is 5.69 Å². The van der Waals surface area contributed by atoms with Crippen molar-refractivity contribution in [3.05, 3.63) is 40.1 Å². The first-order valence-electron chi connectivity index (χ1n) is 10.8. The fraction of sp³-hybridized carbons (Fsp3) is 0.545. The van der Waals surface area contributed by atoms with Crippen molar-refractivity contribution in [1.29, 1.82) is 0 Å². The highest BCUT2D eigenvalue weighted by atomic mass is 32.1. The summed E-state index contributed by atoms with van der Waals surface area (Å²) in [5, 5.41) is 9.12. The van der Waals surface area contributed by atoms with Gasteiger partial charge in [0.05, 0.1) is 5.01 Å². The van der Waals surface area contributed by atoms with Gasteiger partial charge >= 0.3 is 0 Å². The largest absolute Gasteiger partial charge is 0.373 e. The molecule has 8 heteroatoms. The van der Waals surface area contributed by atoms with Gasteiger partial charge in [-0.05, 0) is 43.7 Å². The average Bonchev–Trinajstić information content (AvgIpc) is 3.39. The molecule has 1 saturated heterocycles. The number of aryl methyl sites for hydroxylation is 1. The predicted molar refractivity (Wildman–Crippen MR) is 118 cm³/mol. The van der Waals surface area contributed by atoms with Crippen LogP contribution in [0, 0.1) is 12.8 Å². The van der Waals surface area contributed by atoms with E-state index < -0.39 is 0 Å². The number of fused-ring (bicyclic) bond motifs is 1. The van der Waals surface area contributed by atoms with Crippen LogP contribution >= 0.6 is 11.3 Å². The van der Waals surface area contributed by atoms with Crippen LogP contribution in [-0.2, 0) is 11.2 Å². The second-order valence-electron chi connectivity index (χ2n) is 8.21. The molecule has 1 fully saturated rings. The Morgan fingerprint density at radius 2 is 2.13 bits per heavy atom. The number of aromatic nitrogens is 2. The summed E-state index contributed by atoms with van der Waals surface area (Å²) in [7, 11) is 0. The van der Waals surface area contributed by atoms with Crippen molar-refractivity contribution in [3.63, 3.8) is 0 Å². The number of carbonyl (C=O) groups is 2. The number of likely N-dealkylation sites (tertiary alicyclic amines) is 1. The Bertz CT molecular complexity index is 866. The standard InChI is InChI=1S/C22H29N5O2S/c1-15-25-20(14-30-15)22(29)27-10-6-16(7-11-27)4-2-3-8-24-21(28)19-12-17-13-23-9-5-18(17)26-19/h5,9,13-14,16,19,26H,2-4,6-8,10-12H2,1H3,(H,24,28). The van der Waals surface area contributed by atoms with Crippen LogP contribution in [-0.4, -0.2) is 52.4 Å². The van der Waals surface area contributed by atoms with Crippen molar-refractivity contribution >= 4 is 28.8 Å². The predicted octanol–water partition coefficient (Wildman–Crippen LogP) is 3.02. The molecular formula is C22H29N5O2S. The second-order valence-corrected chi connectivity index (χ2v) is 9.27. The van der Waals surface area contributed by atoms with Gasteiger partial charge in [0.15, 0.2) is 0 Å². The van der Waals surface area contributed by atoms with E-state index in [1.807, 2.05) is 29.5 Å². The first kappa shape index (κ1) is 20.8. The zero-order valence-electron chi connectivity index (χ0n) is 17.4. The van der Waals surface area contributed by atoms with Gasteiger partial charge in [-0.2, -0.15) is 0 Å². The molecule has 2 amide bonds.